The summed E-state index contributed by atoms with van der Waals surface area (Å²) in [7, 11) is 0. The Bertz CT molecular complexity index is 550. The van der Waals surface area contributed by atoms with Gasteiger partial charge < -0.3 is 4.90 Å². The van der Waals surface area contributed by atoms with Crippen molar-refractivity contribution in [3.05, 3.63) is 34.9 Å². The van der Waals surface area contributed by atoms with Crippen molar-refractivity contribution in [2.24, 2.45) is 5.92 Å². The first kappa shape index (κ1) is 35.2. The van der Waals surface area contributed by atoms with Crippen LogP contribution in [0.25, 0.3) is 0 Å². The molecule has 1 aliphatic heterocycles. The lowest BCUT2D eigenvalue weighted by atomic mass is 9.90. The second-order valence-electron chi connectivity index (χ2n) is 8.47. The second kappa shape index (κ2) is 21.5. The van der Waals surface area contributed by atoms with Crippen LogP contribution in [0.3, 0.4) is 0 Å². The number of carbonyl (C=O) groups is 1. The van der Waals surface area contributed by atoms with Crippen molar-refractivity contribution in [2.75, 3.05) is 26.2 Å². The van der Waals surface area contributed by atoms with Crippen LogP contribution in [-0.4, -0.2) is 47.9 Å². The van der Waals surface area contributed by atoms with Crippen LogP contribution in [0.2, 0.25) is 0 Å². The summed E-state index contributed by atoms with van der Waals surface area (Å²) in [6.07, 6.45) is 5.19. The standard InChI is InChI=1S/C22H38N2O.C3H8.2C2H6/c1-9-11-23(21-14-24(15-21)22(25)10-2)13-18(6)20(8)19(7)17(5)12-16(3)4;1-3-2;2*1-2/h12,19,21H,5,9-11,13-15H2,1-4,6-8H3;3H2,1-2H3;2*1-2H3/b20-18+;;;. The van der Waals surface area contributed by atoms with Crippen LogP contribution >= 0.6 is 0 Å². The van der Waals surface area contributed by atoms with E-state index in [4.69, 9.17) is 0 Å². The van der Waals surface area contributed by atoms with E-state index in [1.54, 1.807) is 0 Å². The minimum atomic E-state index is 0.280. The van der Waals surface area contributed by atoms with Gasteiger partial charge in [-0.25, -0.2) is 0 Å². The quantitative estimate of drug-likeness (QED) is 0.260. The molecular weight excluding hydrogens is 392 g/mol. The number of rotatable bonds is 9. The minimum Gasteiger partial charge on any atom is -0.339 e. The maximum absolute atomic E-state index is 11.8. The van der Waals surface area contributed by atoms with Gasteiger partial charge in [0.1, 0.15) is 0 Å². The third-order valence-electron chi connectivity index (χ3n) is 5.34. The van der Waals surface area contributed by atoms with Gasteiger partial charge in [-0.05, 0) is 46.2 Å². The van der Waals surface area contributed by atoms with Crippen LogP contribution in [0.15, 0.2) is 34.9 Å². The van der Waals surface area contributed by atoms with E-state index < -0.39 is 0 Å². The van der Waals surface area contributed by atoms with Crippen LogP contribution in [0.1, 0.15) is 109 Å². The summed E-state index contributed by atoms with van der Waals surface area (Å²) in [5.74, 6) is 0.653. The molecule has 0 aromatic heterocycles. The van der Waals surface area contributed by atoms with Crippen molar-refractivity contribution in [1.82, 2.24) is 9.80 Å². The summed E-state index contributed by atoms with van der Waals surface area (Å²) >= 11 is 0. The predicted octanol–water partition coefficient (Wildman–Crippen LogP) is 8.28. The smallest absolute Gasteiger partial charge is 0.222 e. The number of likely N-dealkylation sites (tertiary alicyclic amines) is 1. The molecule has 1 fully saturated rings. The number of nitrogens with zero attached hydrogens (tertiary/aromatic N) is 2. The maximum Gasteiger partial charge on any atom is 0.222 e. The second-order valence-corrected chi connectivity index (χ2v) is 8.47. The molecule has 1 saturated heterocycles. The molecule has 0 aromatic carbocycles. The first-order chi connectivity index (χ1) is 15.1. The Morgan fingerprint density at radius 1 is 1.03 bits per heavy atom. The lowest BCUT2D eigenvalue weighted by Gasteiger charge is -2.45. The normalized spacial score (nSPS) is 14.2. The van der Waals surface area contributed by atoms with Gasteiger partial charge in [-0.2, -0.15) is 0 Å². The van der Waals surface area contributed by atoms with Crippen LogP contribution in [-0.2, 0) is 4.79 Å². The number of carbonyl (C=O) groups excluding carboxylic acids is 1. The summed E-state index contributed by atoms with van der Waals surface area (Å²) in [6.45, 7) is 35.5. The molecule has 190 valence electrons. The van der Waals surface area contributed by atoms with E-state index >= 15 is 0 Å². The largest absolute Gasteiger partial charge is 0.339 e. The van der Waals surface area contributed by atoms with Crippen molar-refractivity contribution >= 4 is 5.91 Å². The first-order valence-electron chi connectivity index (χ1n) is 13.1. The van der Waals surface area contributed by atoms with Gasteiger partial charge in [-0.15, -0.1) is 0 Å². The fraction of sp³-hybridized carbons (Fsp3) is 0.759. The van der Waals surface area contributed by atoms with E-state index in [9.17, 15) is 4.79 Å². The summed E-state index contributed by atoms with van der Waals surface area (Å²) in [4.78, 5) is 16.3. The van der Waals surface area contributed by atoms with E-state index in [-0.39, 0.29) is 5.91 Å². The Morgan fingerprint density at radius 3 is 1.88 bits per heavy atom. The molecule has 0 aliphatic carbocycles. The molecule has 32 heavy (non-hydrogen) atoms. The maximum atomic E-state index is 11.8. The van der Waals surface area contributed by atoms with E-state index in [1.807, 2.05) is 39.5 Å². The van der Waals surface area contributed by atoms with Crippen LogP contribution in [0.5, 0.6) is 0 Å². The van der Waals surface area contributed by atoms with Gasteiger partial charge in [-0.3, -0.25) is 9.69 Å². The van der Waals surface area contributed by atoms with E-state index in [0.717, 1.165) is 32.6 Å². The third kappa shape index (κ3) is 13.9. The molecule has 1 rings (SSSR count). The highest BCUT2D eigenvalue weighted by molar-refractivity contribution is 5.76. The van der Waals surface area contributed by atoms with Crippen molar-refractivity contribution in [1.29, 1.82) is 0 Å². The number of amides is 1. The zero-order chi connectivity index (χ0) is 25.9. The monoisotopic (exact) mass is 450 g/mol. The van der Waals surface area contributed by atoms with Crippen LogP contribution < -0.4 is 0 Å². The summed E-state index contributed by atoms with van der Waals surface area (Å²) in [6, 6.07) is 0.509. The van der Waals surface area contributed by atoms with E-state index in [2.05, 4.69) is 72.9 Å². The molecule has 1 atom stereocenters. The predicted molar refractivity (Wildman–Crippen MR) is 147 cm³/mol. The molecule has 1 heterocycles. The number of allylic oxidation sites excluding steroid dienone is 4. The molecular formula is C29H58N2O. The highest BCUT2D eigenvalue weighted by Gasteiger charge is 2.33. The molecule has 0 spiro atoms. The topological polar surface area (TPSA) is 23.6 Å². The van der Waals surface area contributed by atoms with Crippen LogP contribution in [0, 0.1) is 5.92 Å². The first-order valence-corrected chi connectivity index (χ1v) is 13.1. The van der Waals surface area contributed by atoms with Gasteiger partial charge >= 0.3 is 0 Å². The molecule has 0 saturated carbocycles. The molecule has 0 bridgehead atoms. The SMILES string of the molecule is C=C(C=C(C)C)C(C)/C(C)=C(\C)CN(CCC)C1CN(C(=O)CC)C1.CC.CC.CCC. The highest BCUT2D eigenvalue weighted by Crippen LogP contribution is 2.25. The van der Waals surface area contributed by atoms with E-state index in [0.29, 0.717) is 18.4 Å². The fourth-order valence-corrected chi connectivity index (χ4v) is 3.36. The number of hydrogen-bond acceptors (Lipinski definition) is 2. The lowest BCUT2D eigenvalue weighted by molar-refractivity contribution is -0.138. The Balaban J connectivity index is -0.00000108. The lowest BCUT2D eigenvalue weighted by Crippen LogP contribution is -2.61. The minimum absolute atomic E-state index is 0.280. The fourth-order valence-electron chi connectivity index (χ4n) is 3.36. The molecule has 0 N–H and O–H groups in total. The molecule has 1 aliphatic rings. The summed E-state index contributed by atoms with van der Waals surface area (Å²) in [5, 5.41) is 0. The zero-order valence-corrected chi connectivity index (χ0v) is 24.2. The average Bonchev–Trinajstić information content (AvgIpc) is 2.74. The average molecular weight is 451 g/mol. The molecule has 1 amide bonds. The highest BCUT2D eigenvalue weighted by atomic mass is 16.2. The molecule has 1 unspecified atom stereocenters. The Labute approximate surface area is 203 Å². The number of hydrogen-bond donors (Lipinski definition) is 0. The third-order valence-corrected chi connectivity index (χ3v) is 5.34. The zero-order valence-electron chi connectivity index (χ0n) is 24.2. The Hall–Kier alpha value is -1.35. The van der Waals surface area contributed by atoms with Gasteiger partial charge in [0, 0.05) is 38.0 Å². The van der Waals surface area contributed by atoms with Crippen molar-refractivity contribution in [3.63, 3.8) is 0 Å². The van der Waals surface area contributed by atoms with Crippen molar-refractivity contribution in [3.8, 4) is 0 Å². The van der Waals surface area contributed by atoms with Crippen molar-refractivity contribution < 1.29 is 4.79 Å². The molecule has 0 radical (unpaired) electrons. The van der Waals surface area contributed by atoms with Gasteiger partial charge in [0.05, 0.1) is 0 Å². The summed E-state index contributed by atoms with van der Waals surface area (Å²) in [5.41, 5.74) is 5.33. The van der Waals surface area contributed by atoms with Gasteiger partial charge in [0.15, 0.2) is 0 Å². The molecule has 0 aromatic rings. The van der Waals surface area contributed by atoms with Gasteiger partial charge in [-0.1, -0.05) is 98.1 Å². The Kier molecular flexibility index (Phi) is 23.7. The van der Waals surface area contributed by atoms with Crippen LogP contribution in [0.4, 0.5) is 0 Å². The summed E-state index contributed by atoms with van der Waals surface area (Å²) < 4.78 is 0. The van der Waals surface area contributed by atoms with E-state index in [1.165, 1.54) is 28.7 Å². The Morgan fingerprint density at radius 2 is 1.50 bits per heavy atom. The molecule has 3 heteroatoms. The van der Waals surface area contributed by atoms with Gasteiger partial charge in [0.2, 0.25) is 5.91 Å². The van der Waals surface area contributed by atoms with Crippen molar-refractivity contribution in [2.45, 2.75) is 115 Å². The molecule has 3 nitrogen and oxygen atoms in total. The van der Waals surface area contributed by atoms with Gasteiger partial charge in [0.25, 0.3) is 0 Å².